The molecule has 0 bridgehead atoms. The Balaban J connectivity index is 2.08. The Kier molecular flexibility index (Phi) is 9.34. The monoisotopic (exact) mass is 424 g/mol. The molecule has 0 heterocycles. The molecule has 2 aromatic carbocycles. The molecule has 0 saturated carbocycles. The van der Waals surface area contributed by atoms with E-state index in [9.17, 15) is 14.7 Å². The summed E-state index contributed by atoms with van der Waals surface area (Å²) in [6.07, 6.45) is 0.662. The van der Waals surface area contributed by atoms with E-state index < -0.39 is 6.04 Å². The summed E-state index contributed by atoms with van der Waals surface area (Å²) in [6.45, 7) is 7.64. The Bertz CT molecular complexity index is 881. The fraction of sp³-hybridized carbons (Fsp3) is 0.417. The van der Waals surface area contributed by atoms with E-state index in [-0.39, 0.29) is 30.4 Å². The van der Waals surface area contributed by atoms with Gasteiger partial charge in [0.2, 0.25) is 5.91 Å². The second kappa shape index (κ2) is 12.0. The summed E-state index contributed by atoms with van der Waals surface area (Å²) < 4.78 is 0. The fourth-order valence-corrected chi connectivity index (χ4v) is 3.12. The van der Waals surface area contributed by atoms with Gasteiger partial charge in [0.25, 0.3) is 5.91 Å². The van der Waals surface area contributed by atoms with Gasteiger partial charge in [0.1, 0.15) is 6.04 Å². The van der Waals surface area contributed by atoms with E-state index in [1.54, 1.807) is 24.3 Å². The molecule has 0 saturated heterocycles. The molecule has 0 aliphatic carbocycles. The van der Waals surface area contributed by atoms with Gasteiger partial charge in [0.15, 0.2) is 0 Å². The third-order valence-corrected chi connectivity index (χ3v) is 4.70. The van der Waals surface area contributed by atoms with Gasteiger partial charge in [-0.1, -0.05) is 52.0 Å². The number of carbonyl (C=O) groups excluding carboxylic acids is 2. The molecular weight excluding hydrogens is 392 g/mol. The quantitative estimate of drug-likeness (QED) is 0.493. The Hall–Kier alpha value is -3.06. The summed E-state index contributed by atoms with van der Waals surface area (Å²) in [6, 6.07) is 15.0. The van der Waals surface area contributed by atoms with Crippen LogP contribution in [0.2, 0.25) is 0 Å². The molecular formula is C24H32N4O3. The van der Waals surface area contributed by atoms with E-state index in [2.05, 4.69) is 20.9 Å². The SMILES string of the molecule is CC(C)C[C@@H](CO)NC(=O)[C@@H](NC(=O)c1cccc(N=Nc2ccccc2)c1)C(C)C. The number of aliphatic hydroxyl groups is 1. The summed E-state index contributed by atoms with van der Waals surface area (Å²) in [7, 11) is 0. The van der Waals surface area contributed by atoms with Crippen molar-refractivity contribution in [1.29, 1.82) is 0 Å². The van der Waals surface area contributed by atoms with Crippen molar-refractivity contribution < 1.29 is 14.7 Å². The normalized spacial score (nSPS) is 13.4. The highest BCUT2D eigenvalue weighted by atomic mass is 16.3. The van der Waals surface area contributed by atoms with Crippen LogP contribution in [0.1, 0.15) is 44.5 Å². The molecule has 2 rings (SSSR count). The van der Waals surface area contributed by atoms with Crippen LogP contribution in [0.25, 0.3) is 0 Å². The molecule has 0 unspecified atom stereocenters. The van der Waals surface area contributed by atoms with E-state index in [1.807, 2.05) is 58.0 Å². The first-order chi connectivity index (χ1) is 14.8. The van der Waals surface area contributed by atoms with Crippen molar-refractivity contribution in [3.63, 3.8) is 0 Å². The van der Waals surface area contributed by atoms with Crippen LogP contribution in [-0.2, 0) is 4.79 Å². The van der Waals surface area contributed by atoms with Gasteiger partial charge in [0, 0.05) is 5.56 Å². The van der Waals surface area contributed by atoms with Gasteiger partial charge < -0.3 is 15.7 Å². The number of aliphatic hydroxyl groups excluding tert-OH is 1. The lowest BCUT2D eigenvalue weighted by Gasteiger charge is -2.25. The number of hydrogen-bond donors (Lipinski definition) is 3. The Morgan fingerprint density at radius 1 is 0.903 bits per heavy atom. The highest BCUT2D eigenvalue weighted by molar-refractivity contribution is 5.98. The van der Waals surface area contributed by atoms with E-state index >= 15 is 0 Å². The highest BCUT2D eigenvalue weighted by Gasteiger charge is 2.26. The zero-order chi connectivity index (χ0) is 22.8. The van der Waals surface area contributed by atoms with Crippen LogP contribution in [0.5, 0.6) is 0 Å². The molecule has 7 heteroatoms. The van der Waals surface area contributed by atoms with Gasteiger partial charge >= 0.3 is 0 Å². The lowest BCUT2D eigenvalue weighted by molar-refractivity contribution is -0.125. The summed E-state index contributed by atoms with van der Waals surface area (Å²) >= 11 is 0. The molecule has 0 aromatic heterocycles. The molecule has 2 amide bonds. The second-order valence-corrected chi connectivity index (χ2v) is 8.30. The minimum atomic E-state index is -0.719. The number of azo groups is 1. The van der Waals surface area contributed by atoms with Crippen molar-refractivity contribution in [2.24, 2.45) is 22.1 Å². The molecule has 0 fully saturated rings. The minimum absolute atomic E-state index is 0.122. The zero-order valence-electron chi connectivity index (χ0n) is 18.6. The van der Waals surface area contributed by atoms with Gasteiger partial charge in [-0.2, -0.15) is 10.2 Å². The van der Waals surface area contributed by atoms with Crippen LogP contribution in [0.15, 0.2) is 64.8 Å². The predicted molar refractivity (Wildman–Crippen MR) is 122 cm³/mol. The third kappa shape index (κ3) is 7.94. The van der Waals surface area contributed by atoms with E-state index in [0.717, 1.165) is 0 Å². The first-order valence-electron chi connectivity index (χ1n) is 10.6. The maximum absolute atomic E-state index is 12.8. The number of amides is 2. The Morgan fingerprint density at radius 2 is 1.55 bits per heavy atom. The van der Waals surface area contributed by atoms with Crippen molar-refractivity contribution in [3.8, 4) is 0 Å². The summed E-state index contributed by atoms with van der Waals surface area (Å²) in [5.74, 6) is -0.460. The van der Waals surface area contributed by atoms with Crippen molar-refractivity contribution in [2.45, 2.75) is 46.2 Å². The maximum Gasteiger partial charge on any atom is 0.252 e. The predicted octanol–water partition coefficient (Wildman–Crippen LogP) is 4.38. The molecule has 2 atom stereocenters. The molecule has 0 aliphatic heterocycles. The molecule has 31 heavy (non-hydrogen) atoms. The zero-order valence-corrected chi connectivity index (χ0v) is 18.6. The highest BCUT2D eigenvalue weighted by Crippen LogP contribution is 2.19. The van der Waals surface area contributed by atoms with Gasteiger partial charge in [-0.25, -0.2) is 0 Å². The van der Waals surface area contributed by atoms with E-state index in [1.165, 1.54) is 0 Å². The lowest BCUT2D eigenvalue weighted by atomic mass is 10.0. The standard InChI is InChI=1S/C24H32N4O3/c1-16(2)13-21(15-29)25-24(31)22(17(3)4)26-23(30)18-9-8-12-20(14-18)28-27-19-10-6-5-7-11-19/h5-12,14,16-17,21-22,29H,13,15H2,1-4H3,(H,25,31)(H,26,30)/t21-,22-/m0/s1. The van der Waals surface area contributed by atoms with Crippen LogP contribution < -0.4 is 10.6 Å². The second-order valence-electron chi connectivity index (χ2n) is 8.30. The fourth-order valence-electron chi connectivity index (χ4n) is 3.12. The smallest absolute Gasteiger partial charge is 0.252 e. The Morgan fingerprint density at radius 3 is 2.16 bits per heavy atom. The number of carbonyl (C=O) groups is 2. The summed E-state index contributed by atoms with van der Waals surface area (Å²) in [4.78, 5) is 25.6. The molecule has 0 radical (unpaired) electrons. The molecule has 0 spiro atoms. The Labute approximate surface area is 184 Å². The van der Waals surface area contributed by atoms with Gasteiger partial charge in [0.05, 0.1) is 24.0 Å². The van der Waals surface area contributed by atoms with Gasteiger partial charge in [-0.15, -0.1) is 0 Å². The summed E-state index contributed by atoms with van der Waals surface area (Å²) in [5.41, 5.74) is 1.65. The van der Waals surface area contributed by atoms with E-state index in [4.69, 9.17) is 0 Å². The average Bonchev–Trinajstić information content (AvgIpc) is 2.75. The van der Waals surface area contributed by atoms with Crippen LogP contribution in [-0.4, -0.2) is 35.6 Å². The summed E-state index contributed by atoms with van der Waals surface area (Å²) in [5, 5.41) is 23.6. The van der Waals surface area contributed by atoms with Crippen molar-refractivity contribution in [3.05, 3.63) is 60.2 Å². The number of rotatable bonds is 10. The number of nitrogens with one attached hydrogen (secondary N) is 2. The lowest BCUT2D eigenvalue weighted by Crippen LogP contribution is -2.53. The third-order valence-electron chi connectivity index (χ3n) is 4.70. The van der Waals surface area contributed by atoms with Crippen LogP contribution in [0.3, 0.4) is 0 Å². The first-order valence-corrected chi connectivity index (χ1v) is 10.6. The average molecular weight is 425 g/mol. The first kappa shape index (κ1) is 24.2. The van der Waals surface area contributed by atoms with E-state index in [0.29, 0.717) is 29.3 Å². The molecule has 0 aliphatic rings. The van der Waals surface area contributed by atoms with Crippen molar-refractivity contribution in [2.75, 3.05) is 6.61 Å². The number of nitrogens with zero attached hydrogens (tertiary/aromatic N) is 2. The van der Waals surface area contributed by atoms with Crippen LogP contribution >= 0.6 is 0 Å². The van der Waals surface area contributed by atoms with Crippen molar-refractivity contribution in [1.82, 2.24) is 10.6 Å². The molecule has 166 valence electrons. The number of hydrogen-bond acceptors (Lipinski definition) is 5. The van der Waals surface area contributed by atoms with Crippen LogP contribution in [0.4, 0.5) is 11.4 Å². The minimum Gasteiger partial charge on any atom is -0.394 e. The molecule has 7 nitrogen and oxygen atoms in total. The van der Waals surface area contributed by atoms with Crippen molar-refractivity contribution >= 4 is 23.2 Å². The van der Waals surface area contributed by atoms with Gasteiger partial charge in [-0.3, -0.25) is 9.59 Å². The maximum atomic E-state index is 12.8. The van der Waals surface area contributed by atoms with Crippen LogP contribution in [0, 0.1) is 11.8 Å². The number of benzene rings is 2. The molecule has 2 aromatic rings. The largest absolute Gasteiger partial charge is 0.394 e. The molecule has 3 N–H and O–H groups in total. The topological polar surface area (TPSA) is 103 Å². The van der Waals surface area contributed by atoms with Gasteiger partial charge in [-0.05, 0) is 48.6 Å².